The first-order valence-electron chi connectivity index (χ1n) is 4.84. The fourth-order valence-electron chi connectivity index (χ4n) is 1.21. The van der Waals surface area contributed by atoms with E-state index in [1.54, 1.807) is 6.08 Å². The Bertz CT molecular complexity index is 455. The second-order valence-electron chi connectivity index (χ2n) is 3.16. The van der Waals surface area contributed by atoms with Crippen LogP contribution < -0.4 is 0 Å². The highest BCUT2D eigenvalue weighted by atomic mass is 16.5. The molecule has 1 aromatic carbocycles. The van der Waals surface area contributed by atoms with Crippen LogP contribution in [0.1, 0.15) is 12.5 Å². The van der Waals surface area contributed by atoms with E-state index in [0.717, 1.165) is 5.56 Å². The molecule has 0 unspecified atom stereocenters. The summed E-state index contributed by atoms with van der Waals surface area (Å²) in [4.78, 5) is 11.2. The summed E-state index contributed by atoms with van der Waals surface area (Å²) in [6.07, 6.45) is 3.03. The van der Waals surface area contributed by atoms with Crippen LogP contribution >= 0.6 is 0 Å². The van der Waals surface area contributed by atoms with Gasteiger partial charge in [-0.2, -0.15) is 0 Å². The Morgan fingerprint density at radius 2 is 2.07 bits per heavy atom. The lowest BCUT2D eigenvalue weighted by Crippen LogP contribution is -1.94. The highest BCUT2D eigenvalue weighted by Gasteiger charge is 2.12. The first-order valence-corrected chi connectivity index (χ1v) is 4.34. The van der Waals surface area contributed by atoms with Crippen LogP contribution in [0.25, 0.3) is 6.08 Å². The van der Waals surface area contributed by atoms with Crippen molar-refractivity contribution in [3.8, 4) is 0 Å². The topological polar surface area (TPSA) is 26.3 Å². The van der Waals surface area contributed by atoms with Gasteiger partial charge in [-0.25, -0.2) is 4.79 Å². The first-order chi connectivity index (χ1) is 7.15. The van der Waals surface area contributed by atoms with Gasteiger partial charge in [0.05, 0.1) is 11.8 Å². The van der Waals surface area contributed by atoms with Crippen LogP contribution in [0.2, 0.25) is 0 Å². The van der Waals surface area contributed by atoms with Gasteiger partial charge in [-0.15, -0.1) is 0 Å². The molecule has 0 spiro atoms. The Labute approximate surface area is 83.9 Å². The minimum Gasteiger partial charge on any atom is -0.431 e. The summed E-state index contributed by atoms with van der Waals surface area (Å²) >= 11 is 0. The van der Waals surface area contributed by atoms with Crippen LogP contribution in [0.4, 0.5) is 0 Å². The van der Waals surface area contributed by atoms with E-state index in [9.17, 15) is 4.79 Å². The molecule has 0 saturated carbocycles. The Hall–Kier alpha value is -1.83. The van der Waals surface area contributed by atoms with E-state index in [1.165, 1.54) is 11.6 Å². The molecule has 1 aliphatic rings. The summed E-state index contributed by atoms with van der Waals surface area (Å²) in [6, 6.07) is 7.78. The molecule has 0 saturated heterocycles. The number of carbonyl (C=O) groups is 1. The predicted molar refractivity (Wildman–Crippen MR) is 54.4 cm³/mol. The minimum atomic E-state index is -0.458. The highest BCUT2D eigenvalue weighted by molar-refractivity contribution is 5.98. The van der Waals surface area contributed by atoms with Crippen molar-refractivity contribution in [2.75, 3.05) is 0 Å². The van der Waals surface area contributed by atoms with Crippen molar-refractivity contribution in [2.24, 2.45) is 0 Å². The van der Waals surface area contributed by atoms with Crippen LogP contribution in [0.15, 0.2) is 42.2 Å². The Kier molecular flexibility index (Phi) is 1.89. The van der Waals surface area contributed by atoms with Gasteiger partial charge in [-0.05, 0) is 24.6 Å². The molecule has 14 heavy (non-hydrogen) atoms. The number of cyclic esters (lactones) is 1. The third-order valence-corrected chi connectivity index (χ3v) is 2.00. The number of rotatable bonds is 1. The van der Waals surface area contributed by atoms with Crippen LogP contribution in [-0.4, -0.2) is 5.97 Å². The van der Waals surface area contributed by atoms with Crippen LogP contribution in [0.5, 0.6) is 0 Å². The lowest BCUT2D eigenvalue weighted by molar-refractivity contribution is -0.131. The van der Waals surface area contributed by atoms with E-state index in [1.807, 2.05) is 31.2 Å². The van der Waals surface area contributed by atoms with Crippen molar-refractivity contribution in [3.05, 3.63) is 53.3 Å². The number of esters is 1. The van der Waals surface area contributed by atoms with Gasteiger partial charge in [0.2, 0.25) is 0 Å². The maximum absolute atomic E-state index is 11.2. The molecular weight excluding hydrogens is 176 g/mol. The van der Waals surface area contributed by atoms with Gasteiger partial charge in [0, 0.05) is 0 Å². The molecule has 0 bridgehead atoms. The van der Waals surface area contributed by atoms with Gasteiger partial charge in [0.15, 0.2) is 0 Å². The maximum Gasteiger partial charge on any atom is 0.343 e. The molecule has 0 atom stereocenters. The summed E-state index contributed by atoms with van der Waals surface area (Å²) in [5.41, 5.74) is 2.52. The lowest BCUT2D eigenvalue weighted by Gasteiger charge is -1.95. The third kappa shape index (κ3) is 1.74. The van der Waals surface area contributed by atoms with E-state index in [0.29, 0.717) is 5.57 Å². The Morgan fingerprint density at radius 3 is 2.64 bits per heavy atom. The molecule has 0 aromatic heterocycles. The van der Waals surface area contributed by atoms with Crippen molar-refractivity contribution in [1.29, 1.82) is 0 Å². The van der Waals surface area contributed by atoms with Crippen molar-refractivity contribution < 1.29 is 10.9 Å². The molecule has 70 valence electrons. The molecule has 2 rings (SSSR count). The molecule has 0 N–H and O–H groups in total. The number of hydrogen-bond acceptors (Lipinski definition) is 2. The van der Waals surface area contributed by atoms with Crippen LogP contribution in [-0.2, 0) is 9.53 Å². The second-order valence-corrected chi connectivity index (χ2v) is 3.16. The predicted octanol–water partition coefficient (Wildman–Crippen LogP) is 2.45. The SMILES string of the molecule is [2H]C1=C/C(=C\c2ccc(C)cc2)C(=O)O1. The van der Waals surface area contributed by atoms with E-state index in [2.05, 4.69) is 4.74 Å². The van der Waals surface area contributed by atoms with Crippen molar-refractivity contribution in [2.45, 2.75) is 6.92 Å². The quantitative estimate of drug-likeness (QED) is 0.498. The zero-order chi connectivity index (χ0) is 10.8. The molecule has 1 aromatic rings. The molecule has 0 fully saturated rings. The third-order valence-electron chi connectivity index (χ3n) is 2.00. The lowest BCUT2D eigenvalue weighted by atomic mass is 10.1. The van der Waals surface area contributed by atoms with Crippen molar-refractivity contribution in [1.82, 2.24) is 0 Å². The van der Waals surface area contributed by atoms with E-state index < -0.39 is 5.97 Å². The normalized spacial score (nSPS) is 19.2. The molecule has 0 amide bonds. The average molecular weight is 187 g/mol. The molecule has 1 heterocycles. The summed E-state index contributed by atoms with van der Waals surface area (Å²) in [5.74, 6) is -0.458. The number of ether oxygens (including phenoxy) is 1. The Balaban J connectivity index is 2.31. The van der Waals surface area contributed by atoms with Gasteiger partial charge in [0.1, 0.15) is 1.37 Å². The number of hydrogen-bond donors (Lipinski definition) is 0. The van der Waals surface area contributed by atoms with E-state index in [4.69, 9.17) is 1.37 Å². The number of aryl methyl sites for hydroxylation is 1. The number of carbonyl (C=O) groups excluding carboxylic acids is 1. The summed E-state index contributed by atoms with van der Waals surface area (Å²) in [6.45, 7) is 2.00. The number of benzene rings is 1. The maximum atomic E-state index is 11.2. The van der Waals surface area contributed by atoms with Gasteiger partial charge < -0.3 is 4.74 Å². The van der Waals surface area contributed by atoms with Gasteiger partial charge in [-0.1, -0.05) is 29.8 Å². The zero-order valence-electron chi connectivity index (χ0n) is 8.78. The first kappa shape index (κ1) is 7.56. The van der Waals surface area contributed by atoms with Crippen molar-refractivity contribution >= 4 is 12.0 Å². The molecule has 1 aliphatic heterocycles. The minimum absolute atomic E-state index is 0.0987. The molecule has 2 nitrogen and oxygen atoms in total. The van der Waals surface area contributed by atoms with Gasteiger partial charge >= 0.3 is 5.97 Å². The molecule has 2 heteroatoms. The monoisotopic (exact) mass is 187 g/mol. The average Bonchev–Trinajstić information content (AvgIpc) is 2.49. The van der Waals surface area contributed by atoms with Crippen LogP contribution in [0, 0.1) is 6.92 Å². The summed E-state index contributed by atoms with van der Waals surface area (Å²) in [7, 11) is 0. The highest BCUT2D eigenvalue weighted by Crippen LogP contribution is 2.14. The second kappa shape index (κ2) is 3.50. The van der Waals surface area contributed by atoms with Gasteiger partial charge in [-0.3, -0.25) is 0 Å². The molecule has 0 radical (unpaired) electrons. The summed E-state index contributed by atoms with van der Waals surface area (Å²) < 4.78 is 11.8. The fourth-order valence-corrected chi connectivity index (χ4v) is 1.21. The van der Waals surface area contributed by atoms with E-state index in [-0.39, 0.29) is 6.24 Å². The van der Waals surface area contributed by atoms with Crippen LogP contribution in [0.3, 0.4) is 0 Å². The largest absolute Gasteiger partial charge is 0.431 e. The smallest absolute Gasteiger partial charge is 0.343 e. The Morgan fingerprint density at radius 1 is 1.36 bits per heavy atom. The van der Waals surface area contributed by atoms with Crippen molar-refractivity contribution in [3.63, 3.8) is 0 Å². The standard InChI is InChI=1S/C12H10O2/c1-9-2-4-10(5-3-9)8-11-6-7-14-12(11)13/h2-8H,1H3/b11-8+/i7D. The summed E-state index contributed by atoms with van der Waals surface area (Å²) in [5, 5.41) is 0. The molecule has 0 aliphatic carbocycles. The molecular formula is C12H10O2. The zero-order valence-corrected chi connectivity index (χ0v) is 7.78. The fraction of sp³-hybridized carbons (Fsp3) is 0.0833. The van der Waals surface area contributed by atoms with Gasteiger partial charge in [0.25, 0.3) is 0 Å². The van der Waals surface area contributed by atoms with E-state index >= 15 is 0 Å².